The summed E-state index contributed by atoms with van der Waals surface area (Å²) in [6.45, 7) is 5.62. The first kappa shape index (κ1) is 22.3. The van der Waals surface area contributed by atoms with Crippen LogP contribution in [0.3, 0.4) is 0 Å². The van der Waals surface area contributed by atoms with Crippen molar-refractivity contribution < 1.29 is 23.8 Å². The maximum Gasteiger partial charge on any atom is 0.351 e. The van der Waals surface area contributed by atoms with Gasteiger partial charge in [0.05, 0.1) is 12.7 Å². The summed E-state index contributed by atoms with van der Waals surface area (Å²) in [6.07, 6.45) is -0.484. The molecule has 3 N–H and O–H groups in total. The number of furan rings is 1. The normalized spacial score (nSPS) is 20.4. The summed E-state index contributed by atoms with van der Waals surface area (Å²) in [5, 5.41) is 24.1. The van der Waals surface area contributed by atoms with Gasteiger partial charge in [0.25, 0.3) is 0 Å². The Balaban J connectivity index is 1.43. The molecule has 4 aromatic rings. The molecule has 0 spiro atoms. The zero-order valence-electron chi connectivity index (χ0n) is 19.0. The number of nitrogens with one attached hydrogen (secondary N) is 1. The fraction of sp³-hybridized carbons (Fsp3) is 0.375. The first-order valence-corrected chi connectivity index (χ1v) is 11.0. The third-order valence-corrected chi connectivity index (χ3v) is 6.40. The van der Waals surface area contributed by atoms with Crippen molar-refractivity contribution in [1.82, 2.24) is 9.55 Å². The summed E-state index contributed by atoms with van der Waals surface area (Å²) < 4.78 is 18.3. The Morgan fingerprint density at radius 1 is 1.15 bits per heavy atom. The molecule has 3 aromatic heterocycles. The zero-order chi connectivity index (χ0) is 24.1. The molecule has 1 saturated heterocycles. The van der Waals surface area contributed by atoms with Crippen LogP contribution in [0.5, 0.6) is 0 Å². The number of rotatable bonds is 5. The second-order valence-corrected chi connectivity index (χ2v) is 8.61. The molecule has 0 amide bonds. The Labute approximate surface area is 193 Å². The average molecular weight is 467 g/mol. The molecule has 10 heteroatoms. The van der Waals surface area contributed by atoms with Crippen molar-refractivity contribution in [3.63, 3.8) is 0 Å². The molecule has 4 heterocycles. The van der Waals surface area contributed by atoms with Crippen molar-refractivity contribution in [3.05, 3.63) is 67.8 Å². The van der Waals surface area contributed by atoms with E-state index in [0.717, 1.165) is 27.5 Å². The molecule has 34 heavy (non-hydrogen) atoms. The van der Waals surface area contributed by atoms with E-state index in [-0.39, 0.29) is 13.0 Å². The SMILES string of the molecule is Cc1oc2c(C)c3oc(=O)cc(C)c3cc2c1CNc1ccn([C@H]2C[C@H](O)[C@@H](CO)O2)c(=O)n1. The zero-order valence-corrected chi connectivity index (χ0v) is 19.0. The number of ether oxygens (including phenoxy) is 1. The summed E-state index contributed by atoms with van der Waals surface area (Å²) in [5.74, 6) is 1.09. The van der Waals surface area contributed by atoms with Crippen LogP contribution < -0.4 is 16.6 Å². The van der Waals surface area contributed by atoms with Crippen LogP contribution >= 0.6 is 0 Å². The van der Waals surface area contributed by atoms with Crippen LogP contribution in [0.2, 0.25) is 0 Å². The van der Waals surface area contributed by atoms with Crippen molar-refractivity contribution in [2.45, 2.75) is 52.2 Å². The Hall–Kier alpha value is -3.47. The van der Waals surface area contributed by atoms with Crippen LogP contribution in [-0.4, -0.2) is 38.6 Å². The maximum atomic E-state index is 12.6. The van der Waals surface area contributed by atoms with E-state index in [4.69, 9.17) is 13.6 Å². The van der Waals surface area contributed by atoms with Crippen LogP contribution in [0.4, 0.5) is 5.82 Å². The quantitative estimate of drug-likeness (QED) is 0.377. The number of aliphatic hydroxyl groups is 2. The van der Waals surface area contributed by atoms with E-state index < -0.39 is 29.8 Å². The summed E-state index contributed by atoms with van der Waals surface area (Å²) >= 11 is 0. The van der Waals surface area contributed by atoms with Gasteiger partial charge >= 0.3 is 11.3 Å². The lowest BCUT2D eigenvalue weighted by Gasteiger charge is -2.14. The van der Waals surface area contributed by atoms with Gasteiger partial charge in [0.2, 0.25) is 0 Å². The van der Waals surface area contributed by atoms with Gasteiger partial charge in [-0.3, -0.25) is 4.57 Å². The topological polar surface area (TPSA) is 140 Å². The van der Waals surface area contributed by atoms with E-state index in [0.29, 0.717) is 29.3 Å². The molecular formula is C24H25N3O7. The van der Waals surface area contributed by atoms with Gasteiger partial charge in [-0.1, -0.05) is 0 Å². The number of nitrogens with zero attached hydrogens (tertiary/aromatic N) is 2. The summed E-state index contributed by atoms with van der Waals surface area (Å²) in [6, 6.07) is 5.07. The highest BCUT2D eigenvalue weighted by Gasteiger charge is 2.35. The molecule has 3 atom stereocenters. The van der Waals surface area contributed by atoms with E-state index in [1.54, 1.807) is 12.3 Å². The van der Waals surface area contributed by atoms with Crippen LogP contribution in [0, 0.1) is 20.8 Å². The van der Waals surface area contributed by atoms with Gasteiger partial charge < -0.3 is 29.1 Å². The Bertz CT molecular complexity index is 1520. The van der Waals surface area contributed by atoms with Gasteiger partial charge in [0.15, 0.2) is 0 Å². The maximum absolute atomic E-state index is 12.6. The van der Waals surface area contributed by atoms with Crippen molar-refractivity contribution in [3.8, 4) is 0 Å². The highest BCUT2D eigenvalue weighted by atomic mass is 16.5. The molecule has 1 aromatic carbocycles. The largest absolute Gasteiger partial charge is 0.461 e. The molecule has 10 nitrogen and oxygen atoms in total. The van der Waals surface area contributed by atoms with Crippen LogP contribution in [-0.2, 0) is 11.3 Å². The van der Waals surface area contributed by atoms with Crippen LogP contribution in [0.1, 0.15) is 35.1 Å². The van der Waals surface area contributed by atoms with E-state index >= 15 is 0 Å². The molecule has 0 unspecified atom stereocenters. The molecule has 0 saturated carbocycles. The Kier molecular flexibility index (Phi) is 5.51. The molecule has 0 aliphatic carbocycles. The van der Waals surface area contributed by atoms with Gasteiger partial charge in [-0.2, -0.15) is 4.98 Å². The summed E-state index contributed by atoms with van der Waals surface area (Å²) in [7, 11) is 0. The molecule has 5 rings (SSSR count). The van der Waals surface area contributed by atoms with Gasteiger partial charge in [-0.25, -0.2) is 9.59 Å². The predicted molar refractivity (Wildman–Crippen MR) is 124 cm³/mol. The predicted octanol–water partition coefficient (Wildman–Crippen LogP) is 2.27. The van der Waals surface area contributed by atoms with Gasteiger partial charge in [0.1, 0.15) is 35.1 Å². The van der Waals surface area contributed by atoms with Crippen molar-refractivity contribution in [2.75, 3.05) is 11.9 Å². The number of aryl methyl sites for hydroxylation is 3. The standard InChI is InChI=1S/C24H25N3O7/c1-11-6-21(30)34-22-12(2)23-15(7-14(11)22)16(13(3)32-23)9-25-19-4-5-27(24(31)26-19)20-8-17(29)18(10-28)33-20/h4-7,17-18,20,28-29H,8-10H2,1-3H3,(H,25,26,31)/t17-,18+,20+/m0/s1. The fourth-order valence-corrected chi connectivity index (χ4v) is 4.53. The van der Waals surface area contributed by atoms with E-state index in [9.17, 15) is 19.8 Å². The number of hydrogen-bond acceptors (Lipinski definition) is 9. The number of anilines is 1. The molecule has 1 aliphatic heterocycles. The van der Waals surface area contributed by atoms with Gasteiger partial charge in [-0.05, 0) is 38.5 Å². The number of hydrogen-bond donors (Lipinski definition) is 3. The van der Waals surface area contributed by atoms with Gasteiger partial charge in [-0.15, -0.1) is 0 Å². The lowest BCUT2D eigenvalue weighted by molar-refractivity contribution is -0.0458. The lowest BCUT2D eigenvalue weighted by atomic mass is 10.0. The first-order chi connectivity index (χ1) is 16.3. The van der Waals surface area contributed by atoms with E-state index in [2.05, 4.69) is 10.3 Å². The monoisotopic (exact) mass is 467 g/mol. The average Bonchev–Trinajstić information content (AvgIpc) is 3.32. The molecular weight excluding hydrogens is 442 g/mol. The number of aliphatic hydroxyl groups excluding tert-OH is 2. The molecule has 178 valence electrons. The molecule has 1 fully saturated rings. The summed E-state index contributed by atoms with van der Waals surface area (Å²) in [5.41, 5.74) is 2.72. The smallest absolute Gasteiger partial charge is 0.351 e. The second-order valence-electron chi connectivity index (χ2n) is 8.61. The molecule has 1 aliphatic rings. The Morgan fingerprint density at radius 2 is 1.91 bits per heavy atom. The number of aromatic nitrogens is 2. The molecule has 0 radical (unpaired) electrons. The van der Waals surface area contributed by atoms with Crippen LogP contribution in [0.25, 0.3) is 21.9 Å². The van der Waals surface area contributed by atoms with E-state index in [1.165, 1.54) is 10.6 Å². The minimum absolute atomic E-state index is 0.201. The fourth-order valence-electron chi connectivity index (χ4n) is 4.53. The number of fused-ring (bicyclic) bond motifs is 2. The van der Waals surface area contributed by atoms with Crippen molar-refractivity contribution in [2.24, 2.45) is 0 Å². The molecule has 0 bridgehead atoms. The Morgan fingerprint density at radius 3 is 2.62 bits per heavy atom. The first-order valence-electron chi connectivity index (χ1n) is 11.0. The highest BCUT2D eigenvalue weighted by Crippen LogP contribution is 2.34. The van der Waals surface area contributed by atoms with Crippen LogP contribution in [0.15, 0.2) is 42.8 Å². The lowest BCUT2D eigenvalue weighted by Crippen LogP contribution is -2.28. The number of benzene rings is 1. The van der Waals surface area contributed by atoms with Gasteiger partial charge in [0, 0.05) is 47.1 Å². The minimum Gasteiger partial charge on any atom is -0.461 e. The summed E-state index contributed by atoms with van der Waals surface area (Å²) in [4.78, 5) is 28.5. The van der Waals surface area contributed by atoms with E-state index in [1.807, 2.05) is 26.8 Å². The highest BCUT2D eigenvalue weighted by molar-refractivity contribution is 6.00. The third-order valence-electron chi connectivity index (χ3n) is 6.40. The van der Waals surface area contributed by atoms with Crippen molar-refractivity contribution in [1.29, 1.82) is 0 Å². The van der Waals surface area contributed by atoms with Crippen molar-refractivity contribution >= 4 is 27.8 Å². The third kappa shape index (κ3) is 3.69. The minimum atomic E-state index is -0.840. The second kappa shape index (κ2) is 8.39.